The van der Waals surface area contributed by atoms with Crippen molar-refractivity contribution in [2.45, 2.75) is 33.3 Å². The molecule has 2 aromatic carbocycles. The van der Waals surface area contributed by atoms with E-state index >= 15 is 0 Å². The van der Waals surface area contributed by atoms with Gasteiger partial charge in [-0.1, -0.05) is 31.5 Å². The van der Waals surface area contributed by atoms with Gasteiger partial charge in [0.2, 0.25) is 0 Å². The van der Waals surface area contributed by atoms with Crippen molar-refractivity contribution in [3.63, 3.8) is 0 Å². The third-order valence-corrected chi connectivity index (χ3v) is 5.15. The first kappa shape index (κ1) is 19.3. The van der Waals surface area contributed by atoms with E-state index in [2.05, 4.69) is 23.8 Å². The number of rotatable bonds is 5. The van der Waals surface area contributed by atoms with E-state index < -0.39 is 0 Å². The molecule has 4 aromatic rings. The van der Waals surface area contributed by atoms with Gasteiger partial charge in [-0.25, -0.2) is 4.98 Å². The Bertz CT molecular complexity index is 1230. The number of aryl methyl sites for hydroxylation is 1. The maximum Gasteiger partial charge on any atom is 0.258 e. The van der Waals surface area contributed by atoms with E-state index in [0.29, 0.717) is 34.1 Å². The average molecular weight is 409 g/mol. The molecule has 0 aliphatic rings. The molecule has 0 amide bonds. The summed E-state index contributed by atoms with van der Waals surface area (Å²) < 4.78 is 11.0. The zero-order valence-electron chi connectivity index (χ0n) is 16.5. The van der Waals surface area contributed by atoms with Crippen molar-refractivity contribution in [1.82, 2.24) is 9.97 Å². The molecule has 148 valence electrons. The Balaban J connectivity index is 1.81. The number of fused-ring (bicyclic) bond motifs is 1. The van der Waals surface area contributed by atoms with E-state index in [-0.39, 0.29) is 11.5 Å². The maximum atomic E-state index is 12.5. The van der Waals surface area contributed by atoms with Crippen molar-refractivity contribution in [3.8, 4) is 16.9 Å². The second kappa shape index (κ2) is 7.76. The average Bonchev–Trinajstić information content (AvgIpc) is 3.20. The Labute approximate surface area is 173 Å². The molecule has 1 N–H and O–H groups in total. The van der Waals surface area contributed by atoms with Gasteiger partial charge >= 0.3 is 0 Å². The summed E-state index contributed by atoms with van der Waals surface area (Å²) in [6.07, 6.45) is 3.24. The van der Waals surface area contributed by atoms with E-state index in [1.807, 2.05) is 36.4 Å². The molecule has 6 heteroatoms. The third-order valence-electron chi connectivity index (χ3n) is 4.83. The molecule has 0 fully saturated rings. The molecule has 0 aliphatic carbocycles. The molecule has 5 nitrogen and oxygen atoms in total. The number of hydrogen-bond acceptors (Lipinski definition) is 4. The fraction of sp³-hybridized carbons (Fsp3) is 0.217. The van der Waals surface area contributed by atoms with Crippen LogP contribution in [0.2, 0.25) is 5.02 Å². The topological polar surface area (TPSA) is 68.1 Å². The number of benzene rings is 2. The van der Waals surface area contributed by atoms with E-state index in [1.165, 1.54) is 0 Å². The van der Waals surface area contributed by atoms with E-state index in [1.54, 1.807) is 19.5 Å². The molecule has 0 atom stereocenters. The molecule has 0 saturated heterocycles. The first-order valence-electron chi connectivity index (χ1n) is 9.40. The molecule has 29 heavy (non-hydrogen) atoms. The Morgan fingerprint density at radius 2 is 2.03 bits per heavy atom. The van der Waals surface area contributed by atoms with Crippen LogP contribution in [0.4, 0.5) is 0 Å². The SMILES string of the molecule is Cc1nc2cc(C(C)C)c(-c3ccc(Cl)c(OCc4ccoc4)c3)cc2c(=O)[nH]1. The number of nitrogens with zero attached hydrogens (tertiary/aromatic N) is 1. The Hall–Kier alpha value is -3.05. The zero-order valence-corrected chi connectivity index (χ0v) is 17.2. The summed E-state index contributed by atoms with van der Waals surface area (Å²) >= 11 is 6.35. The highest BCUT2D eigenvalue weighted by atomic mass is 35.5. The normalized spacial score (nSPS) is 11.3. The van der Waals surface area contributed by atoms with E-state index in [9.17, 15) is 4.79 Å². The number of ether oxygens (including phenoxy) is 1. The van der Waals surface area contributed by atoms with Crippen LogP contribution in [0, 0.1) is 6.92 Å². The van der Waals surface area contributed by atoms with Crippen molar-refractivity contribution in [3.05, 3.63) is 81.3 Å². The lowest BCUT2D eigenvalue weighted by atomic mass is 9.91. The summed E-state index contributed by atoms with van der Waals surface area (Å²) in [5, 5.41) is 1.09. The number of halogens is 1. The Morgan fingerprint density at radius 1 is 1.21 bits per heavy atom. The summed E-state index contributed by atoms with van der Waals surface area (Å²) in [5.74, 6) is 1.43. The fourth-order valence-electron chi connectivity index (χ4n) is 3.36. The first-order valence-corrected chi connectivity index (χ1v) is 9.78. The van der Waals surface area contributed by atoms with Gasteiger partial charge < -0.3 is 14.1 Å². The number of hydrogen-bond donors (Lipinski definition) is 1. The molecule has 0 spiro atoms. The molecule has 0 unspecified atom stereocenters. The second-order valence-corrected chi connectivity index (χ2v) is 7.74. The Kier molecular flexibility index (Phi) is 5.16. The largest absolute Gasteiger partial charge is 0.487 e. The summed E-state index contributed by atoms with van der Waals surface area (Å²) in [7, 11) is 0. The van der Waals surface area contributed by atoms with Crippen LogP contribution in [0.3, 0.4) is 0 Å². The summed E-state index contributed by atoms with van der Waals surface area (Å²) in [6, 6.07) is 11.4. The summed E-state index contributed by atoms with van der Waals surface area (Å²) in [6.45, 7) is 6.39. The van der Waals surface area contributed by atoms with Gasteiger partial charge in [0.25, 0.3) is 5.56 Å². The highest BCUT2D eigenvalue weighted by Gasteiger charge is 2.15. The number of aromatic nitrogens is 2. The molecule has 0 bridgehead atoms. The van der Waals surface area contributed by atoms with Gasteiger partial charge in [0.05, 0.1) is 28.5 Å². The van der Waals surface area contributed by atoms with Crippen molar-refractivity contribution >= 4 is 22.5 Å². The lowest BCUT2D eigenvalue weighted by molar-refractivity contribution is 0.305. The molecule has 2 aromatic heterocycles. The maximum absolute atomic E-state index is 12.5. The standard InChI is InChI=1S/C23H21ClN2O3/c1-13(2)17-10-21-19(23(27)26-14(3)25-21)9-18(17)16-4-5-20(24)22(8-16)29-12-15-6-7-28-11-15/h4-11,13H,12H2,1-3H3,(H,25,26,27). The van der Waals surface area contributed by atoms with Crippen LogP contribution in [0.1, 0.15) is 36.7 Å². The third kappa shape index (κ3) is 3.91. The van der Waals surface area contributed by atoms with Crippen LogP contribution in [0.15, 0.2) is 58.1 Å². The second-order valence-electron chi connectivity index (χ2n) is 7.33. The van der Waals surface area contributed by atoms with Crippen molar-refractivity contribution in [2.75, 3.05) is 0 Å². The van der Waals surface area contributed by atoms with E-state index in [0.717, 1.165) is 22.3 Å². The highest BCUT2D eigenvalue weighted by Crippen LogP contribution is 2.36. The van der Waals surface area contributed by atoms with Gasteiger partial charge in [-0.15, -0.1) is 0 Å². The van der Waals surface area contributed by atoms with Crippen LogP contribution in [0.5, 0.6) is 5.75 Å². The minimum Gasteiger partial charge on any atom is -0.487 e. The molecule has 4 rings (SSSR count). The van der Waals surface area contributed by atoms with Crippen molar-refractivity contribution in [1.29, 1.82) is 0 Å². The lowest BCUT2D eigenvalue weighted by Crippen LogP contribution is -2.10. The number of furan rings is 1. The van der Waals surface area contributed by atoms with Gasteiger partial charge in [-0.05, 0) is 59.9 Å². The number of H-pyrrole nitrogens is 1. The van der Waals surface area contributed by atoms with Crippen LogP contribution in [0.25, 0.3) is 22.0 Å². The van der Waals surface area contributed by atoms with Gasteiger partial charge in [0.15, 0.2) is 0 Å². The highest BCUT2D eigenvalue weighted by molar-refractivity contribution is 6.32. The Morgan fingerprint density at radius 3 is 2.76 bits per heavy atom. The molecular formula is C23H21ClN2O3. The molecule has 0 saturated carbocycles. The minimum absolute atomic E-state index is 0.144. The minimum atomic E-state index is -0.144. The molecule has 2 heterocycles. The summed E-state index contributed by atoms with van der Waals surface area (Å²) in [5.41, 5.74) is 4.49. The van der Waals surface area contributed by atoms with Gasteiger partial charge in [0, 0.05) is 5.56 Å². The number of nitrogens with one attached hydrogen (secondary N) is 1. The van der Waals surface area contributed by atoms with Crippen molar-refractivity contribution in [2.24, 2.45) is 0 Å². The predicted molar refractivity (Wildman–Crippen MR) is 115 cm³/mol. The first-order chi connectivity index (χ1) is 13.9. The summed E-state index contributed by atoms with van der Waals surface area (Å²) in [4.78, 5) is 19.7. The smallest absolute Gasteiger partial charge is 0.258 e. The lowest BCUT2D eigenvalue weighted by Gasteiger charge is -2.16. The number of aromatic amines is 1. The van der Waals surface area contributed by atoms with Crippen LogP contribution in [-0.4, -0.2) is 9.97 Å². The fourth-order valence-corrected chi connectivity index (χ4v) is 3.54. The zero-order chi connectivity index (χ0) is 20.5. The van der Waals surface area contributed by atoms with Crippen molar-refractivity contribution < 1.29 is 9.15 Å². The van der Waals surface area contributed by atoms with Gasteiger partial charge in [-0.3, -0.25) is 4.79 Å². The molecule has 0 aliphatic heterocycles. The molecular weight excluding hydrogens is 388 g/mol. The molecule has 0 radical (unpaired) electrons. The quantitative estimate of drug-likeness (QED) is 0.450. The monoisotopic (exact) mass is 408 g/mol. The van der Waals surface area contributed by atoms with Gasteiger partial charge in [-0.2, -0.15) is 0 Å². The van der Waals surface area contributed by atoms with Crippen LogP contribution in [-0.2, 0) is 6.61 Å². The predicted octanol–water partition coefficient (Wildman–Crippen LogP) is 5.85. The van der Waals surface area contributed by atoms with Crippen LogP contribution < -0.4 is 10.3 Å². The van der Waals surface area contributed by atoms with E-state index in [4.69, 9.17) is 20.8 Å². The van der Waals surface area contributed by atoms with Gasteiger partial charge in [0.1, 0.15) is 18.2 Å². The van der Waals surface area contributed by atoms with Crippen LogP contribution >= 0.6 is 11.6 Å².